The van der Waals surface area contributed by atoms with Gasteiger partial charge in [0.25, 0.3) is 0 Å². The maximum Gasteiger partial charge on any atom is 0.192 e. The van der Waals surface area contributed by atoms with Crippen LogP contribution in [0.1, 0.15) is 40.0 Å². The monoisotopic (exact) mass is 216 g/mol. The van der Waals surface area contributed by atoms with Gasteiger partial charge in [0.2, 0.25) is 0 Å². The van der Waals surface area contributed by atoms with Crippen LogP contribution in [0.2, 0.25) is 18.1 Å². The smallest absolute Gasteiger partial charge is 0.192 e. The molecule has 0 amide bonds. The summed E-state index contributed by atoms with van der Waals surface area (Å²) in [5.41, 5.74) is 0. The summed E-state index contributed by atoms with van der Waals surface area (Å²) in [6.07, 6.45) is 2.95. The number of hydrogen-bond donors (Lipinski definition) is 1. The highest BCUT2D eigenvalue weighted by Gasteiger charge is 2.41. The average Bonchev–Trinajstić information content (AvgIpc) is 2.33. The van der Waals surface area contributed by atoms with Gasteiger partial charge in [0.1, 0.15) is 0 Å². The second-order valence-corrected chi connectivity index (χ2v) is 10.7. The molecule has 0 aromatic carbocycles. The SMILES string of the molecule is CC(C)(C)[Si](C)(C)O[C@H]1CCC[C@@H]1O. The van der Waals surface area contributed by atoms with Crippen LogP contribution in [-0.2, 0) is 4.43 Å². The average molecular weight is 216 g/mol. The van der Waals surface area contributed by atoms with Crippen LogP contribution < -0.4 is 0 Å². The lowest BCUT2D eigenvalue weighted by atomic mass is 10.2. The van der Waals surface area contributed by atoms with Crippen LogP contribution in [0.5, 0.6) is 0 Å². The molecule has 2 atom stereocenters. The molecule has 0 spiro atoms. The van der Waals surface area contributed by atoms with Crippen LogP contribution in [0.3, 0.4) is 0 Å². The Morgan fingerprint density at radius 1 is 1.21 bits per heavy atom. The van der Waals surface area contributed by atoms with Crippen LogP contribution in [0.15, 0.2) is 0 Å². The van der Waals surface area contributed by atoms with Gasteiger partial charge in [0.05, 0.1) is 12.2 Å². The van der Waals surface area contributed by atoms with Gasteiger partial charge in [0, 0.05) is 0 Å². The molecular weight excluding hydrogens is 192 g/mol. The number of aliphatic hydroxyl groups excluding tert-OH is 1. The van der Waals surface area contributed by atoms with Crippen molar-refractivity contribution in [2.75, 3.05) is 0 Å². The Hall–Kier alpha value is 0.137. The van der Waals surface area contributed by atoms with Crippen LogP contribution >= 0.6 is 0 Å². The molecule has 0 aromatic rings. The maximum absolute atomic E-state index is 9.72. The molecule has 1 saturated carbocycles. The van der Waals surface area contributed by atoms with Gasteiger partial charge in [-0.25, -0.2) is 0 Å². The van der Waals surface area contributed by atoms with Gasteiger partial charge in [-0.05, 0) is 37.4 Å². The summed E-state index contributed by atoms with van der Waals surface area (Å²) >= 11 is 0. The lowest BCUT2D eigenvalue weighted by Gasteiger charge is -2.39. The van der Waals surface area contributed by atoms with Gasteiger partial charge < -0.3 is 9.53 Å². The Kier molecular flexibility index (Phi) is 3.44. The first-order valence-electron chi connectivity index (χ1n) is 5.60. The molecule has 1 N–H and O–H groups in total. The zero-order valence-electron chi connectivity index (χ0n) is 10.1. The molecule has 84 valence electrons. The topological polar surface area (TPSA) is 29.5 Å². The lowest BCUT2D eigenvalue weighted by molar-refractivity contribution is 0.0512. The van der Waals surface area contributed by atoms with Crippen LogP contribution in [0, 0.1) is 0 Å². The summed E-state index contributed by atoms with van der Waals surface area (Å²) < 4.78 is 6.16. The quantitative estimate of drug-likeness (QED) is 0.719. The van der Waals surface area contributed by atoms with Crippen LogP contribution in [-0.4, -0.2) is 25.6 Å². The van der Waals surface area contributed by atoms with E-state index in [0.717, 1.165) is 19.3 Å². The summed E-state index contributed by atoms with van der Waals surface area (Å²) in [5, 5.41) is 9.96. The standard InChI is InChI=1S/C11H24O2Si/c1-11(2,3)14(4,5)13-10-8-6-7-9(10)12/h9-10,12H,6-8H2,1-5H3/t9-,10-/m0/s1. The highest BCUT2D eigenvalue weighted by molar-refractivity contribution is 6.74. The van der Waals surface area contributed by atoms with Gasteiger partial charge in [-0.15, -0.1) is 0 Å². The predicted octanol–water partition coefficient (Wildman–Crippen LogP) is 2.92. The van der Waals surface area contributed by atoms with Gasteiger partial charge >= 0.3 is 0 Å². The minimum absolute atomic E-state index is 0.107. The van der Waals surface area contributed by atoms with Gasteiger partial charge in [-0.2, -0.15) is 0 Å². The summed E-state index contributed by atoms with van der Waals surface area (Å²) in [7, 11) is -1.67. The van der Waals surface area contributed by atoms with Crippen molar-refractivity contribution in [2.45, 2.75) is 70.4 Å². The zero-order valence-corrected chi connectivity index (χ0v) is 11.1. The summed E-state index contributed by atoms with van der Waals surface area (Å²) in [6, 6.07) is 0. The minimum atomic E-state index is -1.67. The molecule has 0 saturated heterocycles. The first-order valence-corrected chi connectivity index (χ1v) is 8.51. The van der Waals surface area contributed by atoms with Crippen LogP contribution in [0.25, 0.3) is 0 Å². The normalized spacial score (nSPS) is 29.6. The van der Waals surface area contributed by atoms with E-state index in [1.807, 2.05) is 0 Å². The van der Waals surface area contributed by atoms with E-state index >= 15 is 0 Å². The second kappa shape index (κ2) is 3.95. The maximum atomic E-state index is 9.72. The van der Waals surface area contributed by atoms with Crippen molar-refractivity contribution in [1.82, 2.24) is 0 Å². The molecule has 0 aliphatic heterocycles. The van der Waals surface area contributed by atoms with Crippen molar-refractivity contribution >= 4 is 8.32 Å². The largest absolute Gasteiger partial charge is 0.411 e. The fourth-order valence-corrected chi connectivity index (χ4v) is 2.98. The molecule has 1 aliphatic carbocycles. The van der Waals surface area contributed by atoms with E-state index in [2.05, 4.69) is 33.9 Å². The summed E-state index contributed by atoms with van der Waals surface area (Å²) in [4.78, 5) is 0. The van der Waals surface area contributed by atoms with E-state index in [4.69, 9.17) is 4.43 Å². The van der Waals surface area contributed by atoms with E-state index in [-0.39, 0.29) is 17.2 Å². The first-order chi connectivity index (χ1) is 6.24. The molecule has 2 nitrogen and oxygen atoms in total. The van der Waals surface area contributed by atoms with Crippen molar-refractivity contribution in [1.29, 1.82) is 0 Å². The molecule has 0 unspecified atom stereocenters. The number of rotatable bonds is 2. The van der Waals surface area contributed by atoms with Gasteiger partial charge in [0.15, 0.2) is 8.32 Å². The van der Waals surface area contributed by atoms with Gasteiger partial charge in [-0.3, -0.25) is 0 Å². The first kappa shape index (κ1) is 12.2. The highest BCUT2D eigenvalue weighted by atomic mass is 28.4. The van der Waals surface area contributed by atoms with Crippen molar-refractivity contribution in [2.24, 2.45) is 0 Å². The molecule has 1 fully saturated rings. The van der Waals surface area contributed by atoms with Gasteiger partial charge in [-0.1, -0.05) is 20.8 Å². The van der Waals surface area contributed by atoms with Crippen LogP contribution in [0.4, 0.5) is 0 Å². The predicted molar refractivity (Wildman–Crippen MR) is 61.9 cm³/mol. The fourth-order valence-electron chi connectivity index (χ4n) is 1.60. The zero-order chi connectivity index (χ0) is 11.0. The molecule has 14 heavy (non-hydrogen) atoms. The number of aliphatic hydroxyl groups is 1. The highest BCUT2D eigenvalue weighted by Crippen LogP contribution is 2.39. The van der Waals surface area contributed by atoms with Crippen molar-refractivity contribution in [3.63, 3.8) is 0 Å². The minimum Gasteiger partial charge on any atom is -0.411 e. The third-order valence-electron chi connectivity index (χ3n) is 3.67. The Balaban J connectivity index is 2.58. The molecule has 3 heteroatoms. The molecule has 1 aliphatic rings. The fraction of sp³-hybridized carbons (Fsp3) is 1.00. The third-order valence-corrected chi connectivity index (χ3v) is 8.17. The second-order valence-electron chi connectivity index (χ2n) is 5.91. The van der Waals surface area contributed by atoms with E-state index in [9.17, 15) is 5.11 Å². The molecule has 0 heterocycles. The van der Waals surface area contributed by atoms with E-state index in [0.29, 0.717) is 0 Å². The molecule has 1 rings (SSSR count). The van der Waals surface area contributed by atoms with E-state index in [1.165, 1.54) is 0 Å². The Labute approximate surface area is 88.8 Å². The van der Waals surface area contributed by atoms with E-state index in [1.54, 1.807) is 0 Å². The van der Waals surface area contributed by atoms with Crippen molar-refractivity contribution < 1.29 is 9.53 Å². The molecule has 0 aromatic heterocycles. The molecule has 0 bridgehead atoms. The third kappa shape index (κ3) is 2.58. The molecule has 0 radical (unpaired) electrons. The number of hydrogen-bond acceptors (Lipinski definition) is 2. The molecular formula is C11H24O2Si. The van der Waals surface area contributed by atoms with E-state index < -0.39 is 8.32 Å². The van der Waals surface area contributed by atoms with Crippen molar-refractivity contribution in [3.8, 4) is 0 Å². The summed E-state index contributed by atoms with van der Waals surface area (Å²) in [5.74, 6) is 0. The Morgan fingerprint density at radius 3 is 2.14 bits per heavy atom. The lowest BCUT2D eigenvalue weighted by Crippen LogP contribution is -2.45. The van der Waals surface area contributed by atoms with Crippen molar-refractivity contribution in [3.05, 3.63) is 0 Å². The summed E-state index contributed by atoms with van der Waals surface area (Å²) in [6.45, 7) is 11.2. The Morgan fingerprint density at radius 2 is 1.79 bits per heavy atom. The Bertz CT molecular complexity index is 196.